The molecule has 0 saturated carbocycles. The van der Waals surface area contributed by atoms with Crippen LogP contribution in [-0.2, 0) is 22.2 Å². The van der Waals surface area contributed by atoms with Crippen LogP contribution in [0.15, 0.2) is 29.8 Å². The summed E-state index contributed by atoms with van der Waals surface area (Å²) >= 11 is 7.36. The van der Waals surface area contributed by atoms with Gasteiger partial charge in [-0.2, -0.15) is 0 Å². The zero-order valence-electron chi connectivity index (χ0n) is 11.9. The molecule has 1 aromatic carbocycles. The molecule has 0 amide bonds. The van der Waals surface area contributed by atoms with Crippen molar-refractivity contribution in [3.05, 3.63) is 50.9 Å². The lowest BCUT2D eigenvalue weighted by Gasteiger charge is -2.17. The van der Waals surface area contributed by atoms with Crippen LogP contribution >= 0.6 is 22.9 Å². The van der Waals surface area contributed by atoms with E-state index < -0.39 is 10.0 Å². The predicted molar refractivity (Wildman–Crippen MR) is 87.3 cm³/mol. The predicted octanol–water partition coefficient (Wildman–Crippen LogP) is 3.11. The van der Waals surface area contributed by atoms with E-state index in [-0.39, 0.29) is 5.75 Å². The summed E-state index contributed by atoms with van der Waals surface area (Å²) in [6, 6.07) is 6.88. The monoisotopic (exact) mass is 344 g/mol. The summed E-state index contributed by atoms with van der Waals surface area (Å²) in [5.74, 6) is -0.0116. The standard InChI is InChI=1S/C14H17ClN2O2S2/c1-11-14(20-10-16-11)7-8-17(2)21(18,19)9-12-3-5-13(15)6-4-12/h3-6,10H,7-9H2,1-2H3. The zero-order valence-corrected chi connectivity index (χ0v) is 14.3. The first kappa shape index (κ1) is 16.4. The van der Waals surface area contributed by atoms with Gasteiger partial charge in [0.2, 0.25) is 10.0 Å². The van der Waals surface area contributed by atoms with Crippen molar-refractivity contribution in [3.63, 3.8) is 0 Å². The van der Waals surface area contributed by atoms with Crippen molar-refractivity contribution in [2.24, 2.45) is 0 Å². The SMILES string of the molecule is Cc1ncsc1CCN(C)S(=O)(=O)Cc1ccc(Cl)cc1. The van der Waals surface area contributed by atoms with Gasteiger partial charge < -0.3 is 0 Å². The van der Waals surface area contributed by atoms with Gasteiger partial charge in [0.15, 0.2) is 0 Å². The average Bonchev–Trinajstić information content (AvgIpc) is 2.84. The number of hydrogen-bond acceptors (Lipinski definition) is 4. The lowest BCUT2D eigenvalue weighted by atomic mass is 10.2. The van der Waals surface area contributed by atoms with Crippen LogP contribution in [0.5, 0.6) is 0 Å². The average molecular weight is 345 g/mol. The van der Waals surface area contributed by atoms with E-state index in [0.717, 1.165) is 16.1 Å². The number of benzene rings is 1. The topological polar surface area (TPSA) is 50.3 Å². The molecule has 0 aliphatic carbocycles. The summed E-state index contributed by atoms with van der Waals surface area (Å²) < 4.78 is 26.0. The van der Waals surface area contributed by atoms with Crippen molar-refractivity contribution >= 4 is 33.0 Å². The molecule has 2 aromatic rings. The third-order valence-electron chi connectivity index (χ3n) is 3.24. The second-order valence-corrected chi connectivity index (χ2v) is 8.27. The Balaban J connectivity index is 1.98. The second kappa shape index (κ2) is 6.87. The van der Waals surface area contributed by atoms with Gasteiger partial charge in [0.25, 0.3) is 0 Å². The Bertz CT molecular complexity index is 696. The highest BCUT2D eigenvalue weighted by Crippen LogP contribution is 2.16. The number of nitrogens with zero attached hydrogens (tertiary/aromatic N) is 2. The minimum Gasteiger partial charge on any atom is -0.250 e. The molecule has 1 heterocycles. The third kappa shape index (κ3) is 4.51. The van der Waals surface area contributed by atoms with Crippen LogP contribution in [0, 0.1) is 6.92 Å². The molecule has 0 aliphatic rings. The highest BCUT2D eigenvalue weighted by Gasteiger charge is 2.18. The number of aromatic nitrogens is 1. The number of aryl methyl sites for hydroxylation is 1. The van der Waals surface area contributed by atoms with E-state index in [4.69, 9.17) is 11.6 Å². The molecule has 0 spiro atoms. The van der Waals surface area contributed by atoms with Crippen LogP contribution in [0.3, 0.4) is 0 Å². The fourth-order valence-electron chi connectivity index (χ4n) is 1.87. The van der Waals surface area contributed by atoms with Gasteiger partial charge in [-0.05, 0) is 31.0 Å². The number of hydrogen-bond donors (Lipinski definition) is 0. The molecular formula is C14H17ClN2O2S2. The van der Waals surface area contributed by atoms with E-state index in [1.165, 1.54) is 4.31 Å². The smallest absolute Gasteiger partial charge is 0.218 e. The molecule has 0 unspecified atom stereocenters. The Morgan fingerprint density at radius 2 is 1.95 bits per heavy atom. The molecule has 21 heavy (non-hydrogen) atoms. The van der Waals surface area contributed by atoms with Crippen molar-refractivity contribution in [1.29, 1.82) is 0 Å². The highest BCUT2D eigenvalue weighted by molar-refractivity contribution is 7.88. The van der Waals surface area contributed by atoms with Crippen LogP contribution in [0.25, 0.3) is 0 Å². The molecule has 0 aliphatic heterocycles. The summed E-state index contributed by atoms with van der Waals surface area (Å²) in [4.78, 5) is 5.30. The van der Waals surface area contributed by atoms with Gasteiger partial charge in [0, 0.05) is 23.5 Å². The Hall–Kier alpha value is -0.950. The molecule has 0 saturated heterocycles. The Morgan fingerprint density at radius 3 is 2.52 bits per heavy atom. The third-order valence-corrected chi connectivity index (χ3v) is 6.31. The van der Waals surface area contributed by atoms with Gasteiger partial charge in [0.05, 0.1) is 17.0 Å². The zero-order chi connectivity index (χ0) is 15.5. The number of sulfonamides is 1. The van der Waals surface area contributed by atoms with E-state index >= 15 is 0 Å². The summed E-state index contributed by atoms with van der Waals surface area (Å²) in [7, 11) is -1.71. The Kier molecular flexibility index (Phi) is 5.37. The van der Waals surface area contributed by atoms with Crippen LogP contribution in [-0.4, -0.2) is 31.3 Å². The fraction of sp³-hybridized carbons (Fsp3) is 0.357. The van der Waals surface area contributed by atoms with Crippen LogP contribution < -0.4 is 0 Å². The summed E-state index contributed by atoms with van der Waals surface area (Å²) in [5, 5.41) is 0.602. The molecule has 1 aromatic heterocycles. The van der Waals surface area contributed by atoms with Crippen LogP contribution in [0.2, 0.25) is 5.02 Å². The van der Waals surface area contributed by atoms with Crippen LogP contribution in [0.4, 0.5) is 0 Å². The first-order valence-corrected chi connectivity index (χ1v) is 9.32. The van der Waals surface area contributed by atoms with Crippen molar-refractivity contribution in [2.75, 3.05) is 13.6 Å². The fourth-order valence-corrected chi connectivity index (χ4v) is 3.97. The molecule has 2 rings (SSSR count). The minimum absolute atomic E-state index is 0.0116. The quantitative estimate of drug-likeness (QED) is 0.809. The molecule has 0 atom stereocenters. The molecule has 7 heteroatoms. The lowest BCUT2D eigenvalue weighted by Crippen LogP contribution is -2.30. The van der Waals surface area contributed by atoms with E-state index in [2.05, 4.69) is 4.98 Å². The lowest BCUT2D eigenvalue weighted by molar-refractivity contribution is 0.472. The summed E-state index contributed by atoms with van der Waals surface area (Å²) in [6.07, 6.45) is 0.687. The number of thiazole rings is 1. The first-order chi connectivity index (χ1) is 9.88. The van der Waals surface area contributed by atoms with Crippen molar-refractivity contribution in [2.45, 2.75) is 19.1 Å². The molecule has 4 nitrogen and oxygen atoms in total. The maximum absolute atomic E-state index is 12.3. The normalized spacial score (nSPS) is 12.0. The van der Waals surface area contributed by atoms with E-state index in [0.29, 0.717) is 18.0 Å². The summed E-state index contributed by atoms with van der Waals surface area (Å²) in [6.45, 7) is 2.40. The number of rotatable bonds is 6. The van der Waals surface area contributed by atoms with E-state index in [1.807, 2.05) is 6.92 Å². The largest absolute Gasteiger partial charge is 0.250 e. The van der Waals surface area contributed by atoms with Crippen LogP contribution in [0.1, 0.15) is 16.1 Å². The first-order valence-electron chi connectivity index (χ1n) is 6.46. The highest BCUT2D eigenvalue weighted by atomic mass is 35.5. The number of likely N-dealkylation sites (N-methyl/N-ethyl adjacent to an activating group) is 1. The van der Waals surface area contributed by atoms with Gasteiger partial charge in [-0.15, -0.1) is 11.3 Å². The van der Waals surface area contributed by atoms with Crippen molar-refractivity contribution < 1.29 is 8.42 Å². The Morgan fingerprint density at radius 1 is 1.29 bits per heavy atom. The van der Waals surface area contributed by atoms with Crippen molar-refractivity contribution in [1.82, 2.24) is 9.29 Å². The minimum atomic E-state index is -3.32. The molecule has 0 bridgehead atoms. The molecular weight excluding hydrogens is 328 g/mol. The second-order valence-electron chi connectivity index (χ2n) is 4.82. The molecule has 0 N–H and O–H groups in total. The van der Waals surface area contributed by atoms with Gasteiger partial charge in [-0.3, -0.25) is 0 Å². The molecule has 0 radical (unpaired) electrons. The molecule has 0 fully saturated rings. The maximum Gasteiger partial charge on any atom is 0.218 e. The van der Waals surface area contributed by atoms with Crippen molar-refractivity contribution in [3.8, 4) is 0 Å². The molecule has 114 valence electrons. The summed E-state index contributed by atoms with van der Waals surface area (Å²) in [5.41, 5.74) is 3.50. The van der Waals surface area contributed by atoms with Gasteiger partial charge >= 0.3 is 0 Å². The Labute approximate surface area is 134 Å². The van der Waals surface area contributed by atoms with Gasteiger partial charge in [-0.1, -0.05) is 23.7 Å². The van der Waals surface area contributed by atoms with Gasteiger partial charge in [-0.25, -0.2) is 17.7 Å². The maximum atomic E-state index is 12.3. The number of halogens is 1. The van der Waals surface area contributed by atoms with Gasteiger partial charge in [0.1, 0.15) is 0 Å². The van der Waals surface area contributed by atoms with E-state index in [1.54, 1.807) is 48.2 Å². The van der Waals surface area contributed by atoms with E-state index in [9.17, 15) is 8.42 Å².